The zero-order chi connectivity index (χ0) is 19.8. The molecule has 28 heavy (non-hydrogen) atoms. The van der Waals surface area contributed by atoms with Crippen molar-refractivity contribution < 1.29 is 9.53 Å². The number of rotatable bonds is 8. The first-order chi connectivity index (χ1) is 13.6. The highest BCUT2D eigenvalue weighted by atomic mass is 16.5. The lowest BCUT2D eigenvalue weighted by atomic mass is 10.1. The molecular formula is C23H25N3O2. The molecule has 2 N–H and O–H groups in total. The largest absolute Gasteiger partial charge is 0.487 e. The van der Waals surface area contributed by atoms with Crippen molar-refractivity contribution in [2.45, 2.75) is 33.0 Å². The molecule has 0 aliphatic carbocycles. The molecule has 0 saturated carbocycles. The van der Waals surface area contributed by atoms with Crippen LogP contribution in [-0.4, -0.2) is 10.9 Å². The quantitative estimate of drug-likeness (QED) is 0.610. The molecule has 3 aromatic rings. The summed E-state index contributed by atoms with van der Waals surface area (Å²) in [5.74, 6) is 0.755. The van der Waals surface area contributed by atoms with Crippen LogP contribution < -0.4 is 15.4 Å². The summed E-state index contributed by atoms with van der Waals surface area (Å²) in [4.78, 5) is 15.5. The Morgan fingerprint density at radius 1 is 1.07 bits per heavy atom. The minimum atomic E-state index is -0.0692. The molecule has 1 heterocycles. The molecule has 0 fully saturated rings. The number of pyridine rings is 1. The van der Waals surface area contributed by atoms with E-state index in [1.807, 2.05) is 54.6 Å². The van der Waals surface area contributed by atoms with Gasteiger partial charge in [-0.05, 0) is 54.4 Å². The van der Waals surface area contributed by atoms with Crippen LogP contribution in [0.15, 0.2) is 72.9 Å². The highest BCUT2D eigenvalue weighted by Gasteiger charge is 2.07. The Kier molecular flexibility index (Phi) is 6.76. The van der Waals surface area contributed by atoms with Crippen molar-refractivity contribution in [2.75, 3.05) is 5.32 Å². The van der Waals surface area contributed by atoms with E-state index in [0.29, 0.717) is 13.2 Å². The van der Waals surface area contributed by atoms with Crippen LogP contribution in [0.1, 0.15) is 36.7 Å². The maximum atomic E-state index is 11.2. The normalized spacial score (nSPS) is 11.6. The van der Waals surface area contributed by atoms with Crippen molar-refractivity contribution in [3.63, 3.8) is 0 Å². The monoisotopic (exact) mass is 375 g/mol. The molecule has 0 saturated heterocycles. The standard InChI is InChI=1S/C23H25N3O2/c1-17(20-8-6-10-21(14-20)26-18(2)27)25-15-19-7-5-11-23(13-19)28-16-22-9-3-4-12-24-22/h3-14,17,25H,15-16H2,1-2H3,(H,26,27). The average molecular weight is 375 g/mol. The van der Waals surface area contributed by atoms with Crippen LogP contribution in [-0.2, 0) is 17.9 Å². The van der Waals surface area contributed by atoms with Gasteiger partial charge in [-0.25, -0.2) is 0 Å². The Hall–Kier alpha value is -3.18. The van der Waals surface area contributed by atoms with E-state index in [2.05, 4.69) is 34.7 Å². The molecule has 1 aromatic heterocycles. The lowest BCUT2D eigenvalue weighted by Crippen LogP contribution is -2.18. The third kappa shape index (κ3) is 5.93. The Bertz CT molecular complexity index is 912. The lowest BCUT2D eigenvalue weighted by molar-refractivity contribution is -0.114. The second-order valence-corrected chi connectivity index (χ2v) is 6.67. The van der Waals surface area contributed by atoms with E-state index in [1.54, 1.807) is 6.20 Å². The van der Waals surface area contributed by atoms with Gasteiger partial charge in [0.05, 0.1) is 5.69 Å². The fourth-order valence-electron chi connectivity index (χ4n) is 2.86. The number of anilines is 1. The smallest absolute Gasteiger partial charge is 0.221 e. The summed E-state index contributed by atoms with van der Waals surface area (Å²) >= 11 is 0. The van der Waals surface area contributed by atoms with Gasteiger partial charge in [-0.2, -0.15) is 0 Å². The van der Waals surface area contributed by atoms with Crippen LogP contribution in [0.5, 0.6) is 5.75 Å². The van der Waals surface area contributed by atoms with E-state index in [4.69, 9.17) is 4.74 Å². The highest BCUT2D eigenvalue weighted by Crippen LogP contribution is 2.19. The van der Waals surface area contributed by atoms with Crippen molar-refractivity contribution in [2.24, 2.45) is 0 Å². The van der Waals surface area contributed by atoms with E-state index >= 15 is 0 Å². The minimum absolute atomic E-state index is 0.0692. The molecule has 0 bridgehead atoms. The second-order valence-electron chi connectivity index (χ2n) is 6.67. The SMILES string of the molecule is CC(=O)Nc1cccc(C(C)NCc2cccc(OCc3ccccn3)c2)c1. The Balaban J connectivity index is 1.56. The molecule has 2 aromatic carbocycles. The molecule has 0 radical (unpaired) electrons. The molecule has 3 rings (SSSR count). The van der Waals surface area contributed by atoms with Crippen LogP contribution in [0.3, 0.4) is 0 Å². The Morgan fingerprint density at radius 2 is 1.93 bits per heavy atom. The molecule has 1 atom stereocenters. The van der Waals surface area contributed by atoms with Gasteiger partial charge in [-0.15, -0.1) is 0 Å². The van der Waals surface area contributed by atoms with E-state index in [9.17, 15) is 4.79 Å². The van der Waals surface area contributed by atoms with Gasteiger partial charge in [0.15, 0.2) is 0 Å². The second kappa shape index (κ2) is 9.67. The number of ether oxygens (including phenoxy) is 1. The average Bonchev–Trinajstić information content (AvgIpc) is 2.71. The van der Waals surface area contributed by atoms with Gasteiger partial charge in [-0.3, -0.25) is 9.78 Å². The third-order valence-electron chi connectivity index (χ3n) is 4.33. The van der Waals surface area contributed by atoms with Gasteiger partial charge < -0.3 is 15.4 Å². The fourth-order valence-corrected chi connectivity index (χ4v) is 2.86. The van der Waals surface area contributed by atoms with E-state index < -0.39 is 0 Å². The van der Waals surface area contributed by atoms with Gasteiger partial charge in [0.1, 0.15) is 12.4 Å². The van der Waals surface area contributed by atoms with Gasteiger partial charge >= 0.3 is 0 Å². The zero-order valence-electron chi connectivity index (χ0n) is 16.2. The number of aromatic nitrogens is 1. The number of nitrogens with zero attached hydrogens (tertiary/aromatic N) is 1. The van der Waals surface area contributed by atoms with Crippen molar-refractivity contribution in [3.05, 3.63) is 89.7 Å². The summed E-state index contributed by atoms with van der Waals surface area (Å²) in [5, 5.41) is 6.34. The van der Waals surface area contributed by atoms with E-state index in [-0.39, 0.29) is 11.9 Å². The van der Waals surface area contributed by atoms with E-state index in [1.165, 1.54) is 6.92 Å². The Morgan fingerprint density at radius 3 is 2.71 bits per heavy atom. The Labute approximate surface area is 165 Å². The van der Waals surface area contributed by atoms with Crippen molar-refractivity contribution in [3.8, 4) is 5.75 Å². The zero-order valence-corrected chi connectivity index (χ0v) is 16.2. The fraction of sp³-hybridized carbons (Fsp3) is 0.217. The van der Waals surface area contributed by atoms with Crippen LogP contribution >= 0.6 is 0 Å². The molecule has 0 aliphatic rings. The van der Waals surface area contributed by atoms with Crippen LogP contribution in [0.2, 0.25) is 0 Å². The molecule has 1 unspecified atom stereocenters. The van der Waals surface area contributed by atoms with Gasteiger partial charge in [-0.1, -0.05) is 30.3 Å². The van der Waals surface area contributed by atoms with Crippen molar-refractivity contribution >= 4 is 11.6 Å². The topological polar surface area (TPSA) is 63.2 Å². The van der Waals surface area contributed by atoms with Gasteiger partial charge in [0, 0.05) is 31.4 Å². The molecule has 0 aliphatic heterocycles. The van der Waals surface area contributed by atoms with Gasteiger partial charge in [0.2, 0.25) is 5.91 Å². The van der Waals surface area contributed by atoms with Crippen LogP contribution in [0, 0.1) is 0 Å². The first-order valence-corrected chi connectivity index (χ1v) is 9.33. The summed E-state index contributed by atoms with van der Waals surface area (Å²) < 4.78 is 5.85. The number of hydrogen-bond donors (Lipinski definition) is 2. The van der Waals surface area contributed by atoms with Crippen LogP contribution in [0.25, 0.3) is 0 Å². The first kappa shape index (κ1) is 19.6. The molecule has 0 spiro atoms. The van der Waals surface area contributed by atoms with Crippen molar-refractivity contribution in [1.29, 1.82) is 0 Å². The van der Waals surface area contributed by atoms with Crippen molar-refractivity contribution in [1.82, 2.24) is 10.3 Å². The lowest BCUT2D eigenvalue weighted by Gasteiger charge is -2.16. The number of carbonyl (C=O) groups excluding carboxylic acids is 1. The van der Waals surface area contributed by atoms with E-state index in [0.717, 1.165) is 28.3 Å². The first-order valence-electron chi connectivity index (χ1n) is 9.33. The van der Waals surface area contributed by atoms with Gasteiger partial charge in [0.25, 0.3) is 0 Å². The highest BCUT2D eigenvalue weighted by molar-refractivity contribution is 5.88. The summed E-state index contributed by atoms with van der Waals surface area (Å²) in [6.07, 6.45) is 1.77. The number of nitrogens with one attached hydrogen (secondary N) is 2. The summed E-state index contributed by atoms with van der Waals surface area (Å²) in [7, 11) is 0. The predicted octanol–water partition coefficient (Wildman–Crippen LogP) is 4.47. The number of amides is 1. The predicted molar refractivity (Wildman–Crippen MR) is 111 cm³/mol. The molecule has 1 amide bonds. The maximum Gasteiger partial charge on any atom is 0.221 e. The summed E-state index contributed by atoms with van der Waals surface area (Å²) in [6.45, 7) is 4.78. The summed E-state index contributed by atoms with van der Waals surface area (Å²) in [6, 6.07) is 21.9. The molecule has 5 nitrogen and oxygen atoms in total. The minimum Gasteiger partial charge on any atom is -0.487 e. The number of benzene rings is 2. The number of hydrogen-bond acceptors (Lipinski definition) is 4. The number of carbonyl (C=O) groups is 1. The molecular weight excluding hydrogens is 350 g/mol. The third-order valence-corrected chi connectivity index (χ3v) is 4.33. The maximum absolute atomic E-state index is 11.2. The molecule has 144 valence electrons. The summed E-state index contributed by atoms with van der Waals surface area (Å²) in [5.41, 5.74) is 3.97. The van der Waals surface area contributed by atoms with Crippen LogP contribution in [0.4, 0.5) is 5.69 Å². The molecule has 5 heteroatoms.